The largest absolute Gasteiger partial charge is 0.416 e. The molecule has 0 unspecified atom stereocenters. The van der Waals surface area contributed by atoms with Crippen LogP contribution in [0.5, 0.6) is 0 Å². The summed E-state index contributed by atoms with van der Waals surface area (Å²) in [6, 6.07) is 12.5. The van der Waals surface area contributed by atoms with Crippen LogP contribution >= 0.6 is 0 Å². The molecular formula is C21H16F4N2O2S. The summed E-state index contributed by atoms with van der Waals surface area (Å²) < 4.78 is 78.8. The molecule has 156 valence electrons. The summed E-state index contributed by atoms with van der Waals surface area (Å²) >= 11 is 0. The maximum Gasteiger partial charge on any atom is 0.416 e. The van der Waals surface area contributed by atoms with Crippen molar-refractivity contribution in [3.63, 3.8) is 0 Å². The average Bonchev–Trinajstić information content (AvgIpc) is 2.73. The number of pyridine rings is 1. The van der Waals surface area contributed by atoms with Crippen LogP contribution in [-0.2, 0) is 22.6 Å². The molecule has 0 radical (unpaired) electrons. The Bertz CT molecular complexity index is 1180. The molecule has 2 aromatic carbocycles. The van der Waals surface area contributed by atoms with Crippen molar-refractivity contribution in [3.8, 4) is 11.3 Å². The first-order chi connectivity index (χ1) is 14.2. The second kappa shape index (κ2) is 7.39. The molecule has 3 aromatic rings. The lowest BCUT2D eigenvalue weighted by Gasteiger charge is -2.30. The van der Waals surface area contributed by atoms with Gasteiger partial charge in [0.2, 0.25) is 0 Å². The third kappa shape index (κ3) is 3.77. The van der Waals surface area contributed by atoms with Crippen LogP contribution in [0.3, 0.4) is 0 Å². The average molecular weight is 436 g/mol. The number of halogens is 4. The Kier molecular flexibility index (Phi) is 5.01. The van der Waals surface area contributed by atoms with E-state index in [-0.39, 0.29) is 17.3 Å². The van der Waals surface area contributed by atoms with Gasteiger partial charge in [-0.2, -0.15) is 13.2 Å². The van der Waals surface area contributed by atoms with Crippen LogP contribution in [0.15, 0.2) is 65.6 Å². The third-order valence-electron chi connectivity index (χ3n) is 4.90. The molecule has 0 N–H and O–H groups in total. The lowest BCUT2D eigenvalue weighted by atomic mass is 10.1. The normalized spacial score (nSPS) is 14.5. The third-order valence-corrected chi connectivity index (χ3v) is 6.73. The molecule has 0 spiro atoms. The summed E-state index contributed by atoms with van der Waals surface area (Å²) in [4.78, 5) is 4.32. The van der Waals surface area contributed by atoms with Crippen LogP contribution in [0.25, 0.3) is 11.3 Å². The van der Waals surface area contributed by atoms with Gasteiger partial charge in [-0.1, -0.05) is 0 Å². The molecule has 1 aliphatic heterocycles. The minimum atomic E-state index is -4.54. The van der Waals surface area contributed by atoms with Crippen LogP contribution in [-0.4, -0.2) is 19.9 Å². The van der Waals surface area contributed by atoms with Crippen molar-refractivity contribution in [2.45, 2.75) is 23.9 Å². The van der Waals surface area contributed by atoms with Crippen molar-refractivity contribution in [2.24, 2.45) is 0 Å². The minimum Gasteiger partial charge on any atom is -0.264 e. The molecule has 4 nitrogen and oxygen atoms in total. The molecule has 0 amide bonds. The molecule has 0 fully saturated rings. The Hall–Kier alpha value is -2.94. The quantitative estimate of drug-likeness (QED) is 0.540. The molecule has 30 heavy (non-hydrogen) atoms. The van der Waals surface area contributed by atoms with Crippen molar-refractivity contribution in [3.05, 3.63) is 77.7 Å². The lowest BCUT2D eigenvalue weighted by Crippen LogP contribution is -2.36. The maximum atomic E-state index is 13.2. The Morgan fingerprint density at radius 3 is 2.20 bits per heavy atom. The lowest BCUT2D eigenvalue weighted by molar-refractivity contribution is -0.137. The van der Waals surface area contributed by atoms with Gasteiger partial charge in [0, 0.05) is 12.1 Å². The first kappa shape index (κ1) is 20.3. The predicted octanol–water partition coefficient (Wildman–Crippen LogP) is 5.05. The maximum absolute atomic E-state index is 13.2. The van der Waals surface area contributed by atoms with Gasteiger partial charge in [0.05, 0.1) is 27.5 Å². The van der Waals surface area contributed by atoms with E-state index in [1.54, 1.807) is 24.3 Å². The van der Waals surface area contributed by atoms with Crippen LogP contribution < -0.4 is 4.31 Å². The SMILES string of the molecule is O=S(=O)(c1ccc(C(F)(F)F)cc1)N1CCCc2nc(-c3ccc(F)cc3)ccc21. The highest BCUT2D eigenvalue weighted by Crippen LogP contribution is 2.34. The van der Waals surface area contributed by atoms with Gasteiger partial charge in [0.1, 0.15) is 5.82 Å². The molecule has 1 aromatic heterocycles. The predicted molar refractivity (Wildman–Crippen MR) is 104 cm³/mol. The number of aryl methyl sites for hydroxylation is 1. The number of hydrogen-bond donors (Lipinski definition) is 0. The van der Waals surface area contributed by atoms with Crippen LogP contribution in [0, 0.1) is 5.82 Å². The summed E-state index contributed by atoms with van der Waals surface area (Å²) in [6.07, 6.45) is -3.46. The summed E-state index contributed by atoms with van der Waals surface area (Å²) in [7, 11) is -4.04. The molecule has 9 heteroatoms. The van der Waals surface area contributed by atoms with E-state index in [0.29, 0.717) is 35.5 Å². The highest BCUT2D eigenvalue weighted by molar-refractivity contribution is 7.92. The van der Waals surface area contributed by atoms with Crippen LogP contribution in [0.1, 0.15) is 17.7 Å². The number of rotatable bonds is 3. The Morgan fingerprint density at radius 1 is 0.900 bits per heavy atom. The zero-order valence-electron chi connectivity index (χ0n) is 15.5. The van der Waals surface area contributed by atoms with E-state index in [1.165, 1.54) is 16.4 Å². The smallest absolute Gasteiger partial charge is 0.264 e. The van der Waals surface area contributed by atoms with E-state index in [0.717, 1.165) is 24.3 Å². The summed E-state index contributed by atoms with van der Waals surface area (Å²) in [5.74, 6) is -0.370. The molecular weight excluding hydrogens is 420 g/mol. The van der Waals surface area contributed by atoms with E-state index < -0.39 is 21.8 Å². The monoisotopic (exact) mass is 436 g/mol. The van der Waals surface area contributed by atoms with Gasteiger partial charge >= 0.3 is 6.18 Å². The van der Waals surface area contributed by atoms with Crippen molar-refractivity contribution in [2.75, 3.05) is 10.8 Å². The fourth-order valence-electron chi connectivity index (χ4n) is 3.39. The minimum absolute atomic E-state index is 0.202. The Labute approximate surface area is 170 Å². The number of alkyl halides is 3. The molecule has 0 saturated carbocycles. The summed E-state index contributed by atoms with van der Waals surface area (Å²) in [5.41, 5.74) is 1.33. The molecule has 1 aliphatic rings. The zero-order valence-corrected chi connectivity index (χ0v) is 16.3. The molecule has 2 heterocycles. The molecule has 0 atom stereocenters. The Balaban J connectivity index is 1.69. The number of sulfonamides is 1. The number of hydrogen-bond acceptors (Lipinski definition) is 3. The topological polar surface area (TPSA) is 50.3 Å². The van der Waals surface area contributed by atoms with Gasteiger partial charge in [-0.3, -0.25) is 9.29 Å². The van der Waals surface area contributed by atoms with E-state index in [4.69, 9.17) is 0 Å². The van der Waals surface area contributed by atoms with Crippen LogP contribution in [0.2, 0.25) is 0 Å². The van der Waals surface area contributed by atoms with E-state index in [1.807, 2.05) is 0 Å². The van der Waals surface area contributed by atoms with Gasteiger partial charge in [0.15, 0.2) is 0 Å². The highest BCUT2D eigenvalue weighted by Gasteiger charge is 2.33. The van der Waals surface area contributed by atoms with Gasteiger partial charge in [0.25, 0.3) is 10.0 Å². The molecule has 0 saturated heterocycles. The molecule has 0 bridgehead atoms. The zero-order chi connectivity index (χ0) is 21.5. The fourth-order valence-corrected chi connectivity index (χ4v) is 4.92. The molecule has 4 rings (SSSR count). The number of anilines is 1. The highest BCUT2D eigenvalue weighted by atomic mass is 32.2. The first-order valence-electron chi connectivity index (χ1n) is 9.12. The summed E-state index contributed by atoms with van der Waals surface area (Å²) in [6.45, 7) is 0.202. The number of nitrogens with zero attached hydrogens (tertiary/aromatic N) is 2. The van der Waals surface area contributed by atoms with Gasteiger partial charge in [-0.15, -0.1) is 0 Å². The second-order valence-electron chi connectivity index (χ2n) is 6.87. The van der Waals surface area contributed by atoms with Gasteiger partial charge in [-0.05, 0) is 73.5 Å². The number of fused-ring (bicyclic) bond motifs is 1. The molecule has 0 aliphatic carbocycles. The van der Waals surface area contributed by atoms with Crippen molar-refractivity contribution < 1.29 is 26.0 Å². The van der Waals surface area contributed by atoms with Crippen LogP contribution in [0.4, 0.5) is 23.2 Å². The Morgan fingerprint density at radius 2 is 1.57 bits per heavy atom. The van der Waals surface area contributed by atoms with E-state index >= 15 is 0 Å². The first-order valence-corrected chi connectivity index (χ1v) is 10.6. The van der Waals surface area contributed by atoms with Gasteiger partial charge in [-0.25, -0.2) is 12.8 Å². The summed E-state index contributed by atoms with van der Waals surface area (Å²) in [5, 5.41) is 0. The van der Waals surface area contributed by atoms with Crippen molar-refractivity contribution in [1.29, 1.82) is 0 Å². The van der Waals surface area contributed by atoms with Gasteiger partial charge < -0.3 is 0 Å². The van der Waals surface area contributed by atoms with E-state index in [2.05, 4.69) is 4.98 Å². The van der Waals surface area contributed by atoms with E-state index in [9.17, 15) is 26.0 Å². The number of benzene rings is 2. The second-order valence-corrected chi connectivity index (χ2v) is 8.73. The van der Waals surface area contributed by atoms with Crippen molar-refractivity contribution >= 4 is 15.7 Å². The fraction of sp³-hybridized carbons (Fsp3) is 0.190. The standard InChI is InChI=1S/C21H16F4N2O2S/c22-16-7-3-14(4-8-16)18-11-12-20-19(26-18)2-1-13-27(20)30(28,29)17-9-5-15(6-10-17)21(23,24)25/h3-12H,1-2,13H2. The van der Waals surface area contributed by atoms with Crippen molar-refractivity contribution in [1.82, 2.24) is 4.98 Å². The number of aromatic nitrogens is 1.